The second kappa shape index (κ2) is 9.30. The number of amides is 2. The zero-order valence-corrected chi connectivity index (χ0v) is 21.6. The Morgan fingerprint density at radius 3 is 2.31 bits per heavy atom. The highest BCUT2D eigenvalue weighted by Gasteiger charge is 2.47. The summed E-state index contributed by atoms with van der Waals surface area (Å²) in [7, 11) is 0. The molecule has 35 heavy (non-hydrogen) atoms. The third-order valence-corrected chi connectivity index (χ3v) is 6.44. The molecule has 0 saturated carbocycles. The SMILES string of the molecule is Cc1cc[n+](C2=C(c3c(C(C)C)[nH]n(-c4cccc(Cl)c4)c3=O)C(=O)N(CC(C)C)C2=O)cc1C. The van der Waals surface area contributed by atoms with Gasteiger partial charge in [0.2, 0.25) is 0 Å². The van der Waals surface area contributed by atoms with E-state index >= 15 is 0 Å². The predicted molar refractivity (Wildman–Crippen MR) is 136 cm³/mol. The average molecular weight is 494 g/mol. The zero-order valence-electron chi connectivity index (χ0n) is 20.8. The number of pyridine rings is 1. The molecule has 2 amide bonds. The molecule has 4 rings (SSSR count). The molecule has 1 aromatic carbocycles. The minimum atomic E-state index is -0.458. The van der Waals surface area contributed by atoms with Gasteiger partial charge >= 0.3 is 5.91 Å². The van der Waals surface area contributed by atoms with Crippen molar-refractivity contribution in [2.24, 2.45) is 5.92 Å². The van der Waals surface area contributed by atoms with E-state index in [2.05, 4.69) is 5.10 Å². The third kappa shape index (κ3) is 4.36. The maximum absolute atomic E-state index is 13.8. The molecule has 0 aliphatic carbocycles. The summed E-state index contributed by atoms with van der Waals surface area (Å²) >= 11 is 6.18. The number of imide groups is 1. The molecule has 0 radical (unpaired) electrons. The van der Waals surface area contributed by atoms with Crippen LogP contribution >= 0.6 is 11.6 Å². The molecule has 3 heterocycles. The minimum absolute atomic E-state index is 0.0761. The topological polar surface area (TPSA) is 79.1 Å². The lowest BCUT2D eigenvalue weighted by molar-refractivity contribution is -0.577. The first-order chi connectivity index (χ1) is 16.5. The Balaban J connectivity index is 2.04. The first kappa shape index (κ1) is 24.7. The van der Waals surface area contributed by atoms with E-state index in [0.29, 0.717) is 16.4 Å². The van der Waals surface area contributed by atoms with Gasteiger partial charge in [-0.05, 0) is 49.4 Å². The van der Waals surface area contributed by atoms with E-state index in [0.717, 1.165) is 11.1 Å². The minimum Gasteiger partial charge on any atom is -0.294 e. The standard InChI is InChI=1S/C27H29ClN4O3/c1-15(2)13-31-25(33)22(24(27(31)35)30-11-10-17(5)18(6)14-30)21-23(16(3)4)29-32(26(21)34)20-9-7-8-19(28)12-20/h7-12,14-16H,13H2,1-6H3/p+1. The van der Waals surface area contributed by atoms with Gasteiger partial charge in [-0.25, -0.2) is 4.68 Å². The Hall–Kier alpha value is -3.45. The third-order valence-electron chi connectivity index (χ3n) is 6.20. The molecule has 2 aromatic heterocycles. The summed E-state index contributed by atoms with van der Waals surface area (Å²) in [6.45, 7) is 12.0. The molecule has 3 aromatic rings. The largest absolute Gasteiger partial charge is 0.326 e. The van der Waals surface area contributed by atoms with Gasteiger partial charge in [-0.1, -0.05) is 45.4 Å². The number of carbonyl (C=O) groups excluding carboxylic acids is 2. The van der Waals surface area contributed by atoms with E-state index in [9.17, 15) is 14.4 Å². The highest BCUT2D eigenvalue weighted by atomic mass is 35.5. The Labute approximate surface area is 209 Å². The van der Waals surface area contributed by atoms with Crippen molar-refractivity contribution < 1.29 is 14.2 Å². The smallest absolute Gasteiger partial charge is 0.294 e. The van der Waals surface area contributed by atoms with Crippen molar-refractivity contribution in [2.45, 2.75) is 47.5 Å². The normalized spacial score (nSPS) is 14.3. The van der Waals surface area contributed by atoms with Crippen molar-refractivity contribution in [2.75, 3.05) is 6.54 Å². The monoisotopic (exact) mass is 493 g/mol. The molecule has 8 heteroatoms. The summed E-state index contributed by atoms with van der Waals surface area (Å²) in [4.78, 5) is 42.5. The summed E-state index contributed by atoms with van der Waals surface area (Å²) < 4.78 is 3.05. The van der Waals surface area contributed by atoms with Gasteiger partial charge in [0.1, 0.15) is 5.57 Å². The number of nitrogens with zero attached hydrogens (tertiary/aromatic N) is 3. The molecule has 1 N–H and O–H groups in total. The number of aryl methyl sites for hydroxylation is 2. The maximum Gasteiger partial charge on any atom is 0.326 e. The number of carbonyl (C=O) groups is 2. The first-order valence-corrected chi connectivity index (χ1v) is 12.1. The van der Waals surface area contributed by atoms with Crippen molar-refractivity contribution >= 4 is 34.7 Å². The number of nitrogens with one attached hydrogen (secondary N) is 1. The number of aromatic nitrogens is 3. The van der Waals surface area contributed by atoms with Crippen LogP contribution in [0.25, 0.3) is 17.0 Å². The maximum atomic E-state index is 13.8. The fourth-order valence-electron chi connectivity index (χ4n) is 4.29. The van der Waals surface area contributed by atoms with Gasteiger partial charge < -0.3 is 0 Å². The van der Waals surface area contributed by atoms with Crippen LogP contribution in [0.15, 0.2) is 47.5 Å². The molecule has 0 atom stereocenters. The summed E-state index contributed by atoms with van der Waals surface area (Å²) in [5.74, 6) is -0.900. The zero-order chi connectivity index (χ0) is 25.6. The summed E-state index contributed by atoms with van der Waals surface area (Å²) in [5, 5.41) is 3.66. The van der Waals surface area contributed by atoms with E-state index in [4.69, 9.17) is 11.6 Å². The number of hydrogen-bond acceptors (Lipinski definition) is 3. The van der Waals surface area contributed by atoms with Crippen LogP contribution in [-0.4, -0.2) is 33.0 Å². The molecule has 7 nitrogen and oxygen atoms in total. The second-order valence-electron chi connectivity index (χ2n) is 9.73. The predicted octanol–water partition coefficient (Wildman–Crippen LogP) is 4.24. The molecular formula is C27H30ClN4O3+. The molecule has 0 spiro atoms. The van der Waals surface area contributed by atoms with Crippen LogP contribution in [0.4, 0.5) is 0 Å². The van der Waals surface area contributed by atoms with Crippen LogP contribution in [0.2, 0.25) is 5.02 Å². The first-order valence-electron chi connectivity index (χ1n) is 11.7. The van der Waals surface area contributed by atoms with Crippen molar-refractivity contribution in [3.8, 4) is 5.69 Å². The molecule has 182 valence electrons. The molecule has 0 bridgehead atoms. The van der Waals surface area contributed by atoms with Crippen LogP contribution in [0.5, 0.6) is 0 Å². The number of hydrogen-bond donors (Lipinski definition) is 1. The van der Waals surface area contributed by atoms with Crippen molar-refractivity contribution in [3.05, 3.63) is 80.5 Å². The van der Waals surface area contributed by atoms with E-state index < -0.39 is 17.4 Å². The Morgan fingerprint density at radius 1 is 1.00 bits per heavy atom. The molecule has 0 fully saturated rings. The Kier molecular flexibility index (Phi) is 6.56. The number of aromatic amines is 1. The fraction of sp³-hybridized carbons (Fsp3) is 0.333. The number of halogens is 1. The van der Waals surface area contributed by atoms with Gasteiger partial charge in [-0.15, -0.1) is 0 Å². The van der Waals surface area contributed by atoms with Crippen LogP contribution in [0, 0.1) is 19.8 Å². The second-order valence-corrected chi connectivity index (χ2v) is 10.2. The lowest BCUT2D eigenvalue weighted by Crippen LogP contribution is -2.41. The van der Waals surface area contributed by atoms with Gasteiger partial charge in [0.15, 0.2) is 12.4 Å². The van der Waals surface area contributed by atoms with Crippen molar-refractivity contribution in [1.29, 1.82) is 0 Å². The molecule has 1 aliphatic heterocycles. The van der Waals surface area contributed by atoms with E-state index in [1.165, 1.54) is 9.58 Å². The summed E-state index contributed by atoms with van der Waals surface area (Å²) in [6, 6.07) is 8.81. The highest BCUT2D eigenvalue weighted by Crippen LogP contribution is 2.33. The lowest BCUT2D eigenvalue weighted by Gasteiger charge is -2.16. The van der Waals surface area contributed by atoms with Gasteiger partial charge in [-0.3, -0.25) is 24.4 Å². The van der Waals surface area contributed by atoms with Gasteiger partial charge in [-0.2, -0.15) is 4.57 Å². The molecule has 1 aliphatic rings. The lowest BCUT2D eigenvalue weighted by atomic mass is 9.98. The quantitative estimate of drug-likeness (QED) is 0.412. The van der Waals surface area contributed by atoms with Crippen molar-refractivity contribution in [3.63, 3.8) is 0 Å². The van der Waals surface area contributed by atoms with E-state index in [1.807, 2.05) is 53.8 Å². The summed E-state index contributed by atoms with van der Waals surface area (Å²) in [6.07, 6.45) is 3.59. The molecule has 0 unspecified atom stereocenters. The fourth-order valence-corrected chi connectivity index (χ4v) is 4.47. The van der Waals surface area contributed by atoms with Crippen LogP contribution in [0.1, 0.15) is 56.0 Å². The number of benzene rings is 1. The Morgan fingerprint density at radius 2 is 1.71 bits per heavy atom. The molecular weight excluding hydrogens is 464 g/mol. The number of rotatable bonds is 6. The van der Waals surface area contributed by atoms with Crippen LogP contribution < -0.4 is 10.1 Å². The van der Waals surface area contributed by atoms with Crippen LogP contribution in [-0.2, 0) is 9.59 Å². The van der Waals surface area contributed by atoms with Crippen molar-refractivity contribution in [1.82, 2.24) is 14.7 Å². The van der Waals surface area contributed by atoms with E-state index in [-0.39, 0.29) is 35.2 Å². The summed E-state index contributed by atoms with van der Waals surface area (Å²) in [5.41, 5.74) is 3.28. The van der Waals surface area contributed by atoms with Crippen LogP contribution in [0.3, 0.4) is 0 Å². The number of H-pyrrole nitrogens is 1. The van der Waals surface area contributed by atoms with E-state index in [1.54, 1.807) is 35.0 Å². The molecule has 0 saturated heterocycles. The van der Waals surface area contributed by atoms with Gasteiger partial charge in [0, 0.05) is 28.9 Å². The van der Waals surface area contributed by atoms with Gasteiger partial charge in [0.05, 0.1) is 11.3 Å². The van der Waals surface area contributed by atoms with Gasteiger partial charge in [0.25, 0.3) is 17.2 Å². The Bertz CT molecular complexity index is 1430. The highest BCUT2D eigenvalue weighted by molar-refractivity contribution is 6.44. The average Bonchev–Trinajstić information content (AvgIpc) is 3.24.